The highest BCUT2D eigenvalue weighted by molar-refractivity contribution is 6.30. The van der Waals surface area contributed by atoms with Crippen molar-refractivity contribution in [3.63, 3.8) is 0 Å². The predicted octanol–water partition coefficient (Wildman–Crippen LogP) is 3.85. The van der Waals surface area contributed by atoms with Crippen LogP contribution < -0.4 is 0 Å². The van der Waals surface area contributed by atoms with Gasteiger partial charge in [0.25, 0.3) is 0 Å². The van der Waals surface area contributed by atoms with E-state index in [4.69, 9.17) is 11.6 Å². The monoisotopic (exact) mass is 194 g/mol. The van der Waals surface area contributed by atoms with Gasteiger partial charge in [-0.25, -0.2) is 0 Å². The molecule has 2 rings (SSSR count). The van der Waals surface area contributed by atoms with E-state index in [9.17, 15) is 0 Å². The first-order valence-electron chi connectivity index (χ1n) is 4.90. The molecular formula is C12H15Cl. The zero-order valence-electron chi connectivity index (χ0n) is 8.23. The minimum Gasteiger partial charge on any atom is -0.0843 e. The van der Waals surface area contributed by atoms with Gasteiger partial charge in [-0.2, -0.15) is 0 Å². The largest absolute Gasteiger partial charge is 0.0843 e. The summed E-state index contributed by atoms with van der Waals surface area (Å²) in [5, 5.41) is 0.874. The van der Waals surface area contributed by atoms with Crippen molar-refractivity contribution in [2.45, 2.75) is 33.1 Å². The lowest BCUT2D eigenvalue weighted by Crippen LogP contribution is -2.14. The Bertz CT molecular complexity index is 330. The number of benzene rings is 1. The van der Waals surface area contributed by atoms with Crippen LogP contribution in [0, 0.1) is 5.41 Å². The molecule has 1 aromatic rings. The molecule has 0 amide bonds. The van der Waals surface area contributed by atoms with Crippen LogP contribution in [-0.4, -0.2) is 0 Å². The van der Waals surface area contributed by atoms with Crippen molar-refractivity contribution in [3.05, 3.63) is 34.3 Å². The minimum absolute atomic E-state index is 0.479. The lowest BCUT2D eigenvalue weighted by Gasteiger charge is -2.20. The molecule has 0 nitrogen and oxygen atoms in total. The summed E-state index contributed by atoms with van der Waals surface area (Å²) in [4.78, 5) is 0. The molecule has 1 aliphatic rings. The lowest BCUT2D eigenvalue weighted by atomic mass is 9.85. The first-order chi connectivity index (χ1) is 6.13. The topological polar surface area (TPSA) is 0 Å². The standard InChI is InChI=1S/C12H15Cl/c1-3-12(2)7-9-4-5-11(13)6-10(9)8-12/h4-6H,3,7-8H2,1-2H3. The van der Waals surface area contributed by atoms with E-state index in [1.165, 1.54) is 30.4 Å². The minimum atomic E-state index is 0.479. The number of hydrogen-bond donors (Lipinski definition) is 0. The van der Waals surface area contributed by atoms with Crippen LogP contribution in [0.1, 0.15) is 31.4 Å². The van der Waals surface area contributed by atoms with Gasteiger partial charge in [0.1, 0.15) is 0 Å². The second-order valence-electron chi connectivity index (χ2n) is 4.43. The third kappa shape index (κ3) is 1.60. The quantitative estimate of drug-likeness (QED) is 0.637. The van der Waals surface area contributed by atoms with Crippen molar-refractivity contribution in [1.82, 2.24) is 0 Å². The Balaban J connectivity index is 2.35. The summed E-state index contributed by atoms with van der Waals surface area (Å²) >= 11 is 5.96. The molecule has 0 saturated carbocycles. The third-order valence-corrected chi connectivity index (χ3v) is 3.49. The molecular weight excluding hydrogens is 180 g/mol. The molecule has 0 aromatic heterocycles. The normalized spacial score (nSPS) is 26.1. The number of halogens is 1. The SMILES string of the molecule is CCC1(C)Cc2ccc(Cl)cc2C1. The number of fused-ring (bicyclic) bond motifs is 1. The smallest absolute Gasteiger partial charge is 0.0408 e. The molecule has 0 heterocycles. The van der Waals surface area contributed by atoms with E-state index in [0.29, 0.717) is 5.41 Å². The van der Waals surface area contributed by atoms with Crippen molar-refractivity contribution in [3.8, 4) is 0 Å². The maximum atomic E-state index is 5.96. The second-order valence-corrected chi connectivity index (χ2v) is 4.87. The molecule has 70 valence electrons. The van der Waals surface area contributed by atoms with Gasteiger partial charge < -0.3 is 0 Å². The first kappa shape index (κ1) is 9.08. The summed E-state index contributed by atoms with van der Waals surface area (Å²) in [5.41, 5.74) is 3.43. The summed E-state index contributed by atoms with van der Waals surface area (Å²) < 4.78 is 0. The average molecular weight is 195 g/mol. The highest BCUT2D eigenvalue weighted by atomic mass is 35.5. The van der Waals surface area contributed by atoms with Gasteiger partial charge >= 0.3 is 0 Å². The molecule has 0 aliphatic heterocycles. The van der Waals surface area contributed by atoms with Gasteiger partial charge in [0.05, 0.1) is 0 Å². The van der Waals surface area contributed by atoms with E-state index in [0.717, 1.165) is 5.02 Å². The predicted molar refractivity (Wildman–Crippen MR) is 57.3 cm³/mol. The molecule has 13 heavy (non-hydrogen) atoms. The van der Waals surface area contributed by atoms with Gasteiger partial charge in [-0.15, -0.1) is 0 Å². The summed E-state index contributed by atoms with van der Waals surface area (Å²) in [6.07, 6.45) is 3.66. The van der Waals surface area contributed by atoms with Crippen molar-refractivity contribution in [2.75, 3.05) is 0 Å². The molecule has 0 N–H and O–H groups in total. The van der Waals surface area contributed by atoms with E-state index < -0.39 is 0 Å². The Labute approximate surface area is 84.9 Å². The zero-order valence-corrected chi connectivity index (χ0v) is 8.99. The van der Waals surface area contributed by atoms with Crippen molar-refractivity contribution >= 4 is 11.6 Å². The molecule has 0 spiro atoms. The first-order valence-corrected chi connectivity index (χ1v) is 5.28. The fourth-order valence-corrected chi connectivity index (χ4v) is 2.36. The van der Waals surface area contributed by atoms with Crippen LogP contribution in [0.25, 0.3) is 0 Å². The Hall–Kier alpha value is -0.490. The molecule has 1 unspecified atom stereocenters. The van der Waals surface area contributed by atoms with Gasteiger partial charge in [-0.05, 0) is 41.5 Å². The van der Waals surface area contributed by atoms with Crippen LogP contribution in [0.15, 0.2) is 18.2 Å². The second kappa shape index (κ2) is 3.02. The highest BCUT2D eigenvalue weighted by Crippen LogP contribution is 2.39. The maximum Gasteiger partial charge on any atom is 0.0408 e. The third-order valence-electron chi connectivity index (χ3n) is 3.26. The van der Waals surface area contributed by atoms with E-state index in [-0.39, 0.29) is 0 Å². The fraction of sp³-hybridized carbons (Fsp3) is 0.500. The van der Waals surface area contributed by atoms with Crippen molar-refractivity contribution < 1.29 is 0 Å². The van der Waals surface area contributed by atoms with E-state index in [1.807, 2.05) is 6.07 Å². The van der Waals surface area contributed by atoms with Gasteiger partial charge in [-0.1, -0.05) is 37.9 Å². The van der Waals surface area contributed by atoms with E-state index in [1.54, 1.807) is 0 Å². The fourth-order valence-electron chi connectivity index (χ4n) is 2.16. The van der Waals surface area contributed by atoms with Gasteiger partial charge in [0.2, 0.25) is 0 Å². The summed E-state index contributed by atoms with van der Waals surface area (Å²) in [5.74, 6) is 0. The Morgan fingerprint density at radius 1 is 1.31 bits per heavy atom. The summed E-state index contributed by atoms with van der Waals surface area (Å²) in [6.45, 7) is 4.63. The van der Waals surface area contributed by atoms with Crippen LogP contribution in [0.2, 0.25) is 5.02 Å². The lowest BCUT2D eigenvalue weighted by molar-refractivity contribution is 0.332. The van der Waals surface area contributed by atoms with Gasteiger partial charge in [0.15, 0.2) is 0 Å². The zero-order chi connectivity index (χ0) is 9.47. The number of hydrogen-bond acceptors (Lipinski definition) is 0. The van der Waals surface area contributed by atoms with E-state index in [2.05, 4.69) is 26.0 Å². The molecule has 1 heteroatoms. The summed E-state index contributed by atoms with van der Waals surface area (Å²) in [7, 11) is 0. The molecule has 0 bridgehead atoms. The molecule has 0 saturated heterocycles. The molecule has 0 fully saturated rings. The Kier molecular flexibility index (Phi) is 2.11. The molecule has 1 aliphatic carbocycles. The van der Waals surface area contributed by atoms with Gasteiger partial charge in [-0.3, -0.25) is 0 Å². The highest BCUT2D eigenvalue weighted by Gasteiger charge is 2.30. The average Bonchev–Trinajstić information content (AvgIpc) is 2.42. The number of rotatable bonds is 1. The summed E-state index contributed by atoms with van der Waals surface area (Å²) in [6, 6.07) is 6.30. The van der Waals surface area contributed by atoms with Crippen LogP contribution in [0.3, 0.4) is 0 Å². The van der Waals surface area contributed by atoms with Crippen molar-refractivity contribution in [1.29, 1.82) is 0 Å². The van der Waals surface area contributed by atoms with Crippen LogP contribution in [0.5, 0.6) is 0 Å². The van der Waals surface area contributed by atoms with E-state index >= 15 is 0 Å². The van der Waals surface area contributed by atoms with Gasteiger partial charge in [0, 0.05) is 5.02 Å². The molecule has 1 aromatic carbocycles. The molecule has 0 radical (unpaired) electrons. The Morgan fingerprint density at radius 3 is 2.69 bits per heavy atom. The molecule has 1 atom stereocenters. The Morgan fingerprint density at radius 2 is 2.00 bits per heavy atom. The van der Waals surface area contributed by atoms with Crippen LogP contribution in [-0.2, 0) is 12.8 Å². The van der Waals surface area contributed by atoms with Crippen molar-refractivity contribution in [2.24, 2.45) is 5.41 Å². The van der Waals surface area contributed by atoms with Crippen LogP contribution >= 0.6 is 11.6 Å². The van der Waals surface area contributed by atoms with Crippen LogP contribution in [0.4, 0.5) is 0 Å². The maximum absolute atomic E-state index is 5.96.